The third-order valence-electron chi connectivity index (χ3n) is 14.8. The van der Waals surface area contributed by atoms with Gasteiger partial charge in [0.05, 0.1) is 132 Å². The Morgan fingerprint density at radius 2 is 0.737 bits per heavy atom. The minimum Gasteiger partial charge on any atom is -0.445 e. The molecule has 1 aromatic carbocycles. The predicted octanol–water partition coefficient (Wildman–Crippen LogP) is 3.38. The zero-order valence-electron chi connectivity index (χ0n) is 60.7. The number of amides is 7. The van der Waals surface area contributed by atoms with Crippen molar-refractivity contribution >= 4 is 41.5 Å². The van der Waals surface area contributed by atoms with E-state index in [4.69, 9.17) is 56.8 Å². The largest absolute Gasteiger partial charge is 0.445 e. The van der Waals surface area contributed by atoms with Gasteiger partial charge in [-0.3, -0.25) is 28.8 Å². The number of carbonyl (C=O) groups excluding carboxylic acids is 7. The van der Waals surface area contributed by atoms with Crippen LogP contribution in [0.1, 0.15) is 142 Å². The fourth-order valence-electron chi connectivity index (χ4n) is 8.83. The number of benzene rings is 1. The molecule has 1 rings (SSSR count). The maximum atomic E-state index is 13.0. The molecule has 0 saturated carbocycles. The summed E-state index contributed by atoms with van der Waals surface area (Å²) < 4.78 is 66.4. The van der Waals surface area contributed by atoms with Crippen LogP contribution in [-0.4, -0.2) is 270 Å². The van der Waals surface area contributed by atoms with Gasteiger partial charge < -0.3 is 110 Å². The molecule has 1 aromatic rings. The maximum Gasteiger partial charge on any atom is 0.408 e. The summed E-state index contributed by atoms with van der Waals surface area (Å²) in [6, 6.07) is 8.32. The highest BCUT2D eigenvalue weighted by Crippen LogP contribution is 2.06. The SMILES string of the molecule is CCCCNCCCC[C@H](NC(=O)OCc1ccccc1)C(=O)NCC(=O)NCCCOCCOCCOCCCNC(=O)CCOCCOCCOCCOCCOCCC(=O)NCCCOCCOCCOCCCNC(=O)[C@H](CCCCNC(C)CC)NC(=O)CNCCCC. The van der Waals surface area contributed by atoms with Crippen LogP contribution in [0.2, 0.25) is 0 Å². The molecule has 99 heavy (non-hydrogen) atoms. The number of hydrogen-bond donors (Lipinski definition) is 10. The van der Waals surface area contributed by atoms with Crippen molar-refractivity contribution < 1.29 is 90.4 Å². The Labute approximate surface area is 591 Å². The summed E-state index contributed by atoms with van der Waals surface area (Å²) in [5.41, 5.74) is 0.830. The molecule has 0 fully saturated rings. The van der Waals surface area contributed by atoms with Gasteiger partial charge in [-0.15, -0.1) is 0 Å². The molecule has 10 N–H and O–H groups in total. The summed E-state index contributed by atoms with van der Waals surface area (Å²) in [5.74, 6) is -1.33. The molecule has 0 spiro atoms. The standard InChI is InChI=1S/C70H130N10O19/c1-5-8-27-71-29-15-13-24-63(80-70(87)99-59-61-21-11-10-12-22-61)69(86)78-58-66(83)76-33-19-37-90-43-49-94-47-41-88-35-17-31-74-64(81)25-39-92-45-51-96-53-55-98-56-54-97-52-46-93-40-26-65(82)75-32-18-36-89-42-48-95-50-44-91-38-20-34-77-68(85)62(23-14-16-30-73-60(4)7-3)79-67(84)57-72-28-9-6-2/h10-12,21-22,60,62-63,71-73H,5-9,13-20,23-59H2,1-4H3,(H,74,81)(H,75,82)(H,76,83)(H,77,85)(H,78,86)(H,79,84)(H,80,87)/t60?,62-,63-/m0/s1. The summed E-state index contributed by atoms with van der Waals surface area (Å²) in [6.07, 6.45) is 12.0. The first-order chi connectivity index (χ1) is 48.5. The molecule has 3 atom stereocenters. The van der Waals surface area contributed by atoms with E-state index in [2.05, 4.69) is 80.9 Å². The van der Waals surface area contributed by atoms with Gasteiger partial charge in [-0.25, -0.2) is 4.79 Å². The fraction of sp³-hybridized carbons (Fsp3) is 0.814. The van der Waals surface area contributed by atoms with Crippen molar-refractivity contribution in [2.24, 2.45) is 0 Å². The van der Waals surface area contributed by atoms with Gasteiger partial charge in [0.2, 0.25) is 35.4 Å². The topological polar surface area (TPSA) is 351 Å². The second-order valence-corrected chi connectivity index (χ2v) is 23.5. The van der Waals surface area contributed by atoms with Gasteiger partial charge in [-0.1, -0.05) is 63.9 Å². The molecule has 0 aromatic heterocycles. The number of carbonyl (C=O) groups is 7. The summed E-state index contributed by atoms with van der Waals surface area (Å²) in [5, 5.41) is 29.6. The smallest absolute Gasteiger partial charge is 0.408 e. The Hall–Kier alpha value is -5.25. The molecule has 0 saturated heterocycles. The molecule has 0 bridgehead atoms. The number of alkyl carbamates (subject to hydrolysis) is 1. The number of unbranched alkanes of at least 4 members (excludes halogenated alkanes) is 4. The van der Waals surface area contributed by atoms with E-state index in [0.717, 1.165) is 83.1 Å². The summed E-state index contributed by atoms with van der Waals surface area (Å²) >= 11 is 0. The first-order valence-corrected chi connectivity index (χ1v) is 36.6. The van der Waals surface area contributed by atoms with Crippen molar-refractivity contribution in [2.45, 2.75) is 162 Å². The van der Waals surface area contributed by atoms with Gasteiger partial charge in [0.1, 0.15) is 18.7 Å². The maximum absolute atomic E-state index is 13.0. The van der Waals surface area contributed by atoms with Crippen LogP contribution in [-0.2, 0) is 92.2 Å². The number of hydrogen-bond acceptors (Lipinski definition) is 22. The highest BCUT2D eigenvalue weighted by atomic mass is 16.6. The van der Waals surface area contributed by atoms with Crippen LogP contribution < -0.4 is 53.2 Å². The molecule has 0 aliphatic rings. The van der Waals surface area contributed by atoms with E-state index in [0.29, 0.717) is 216 Å². The highest BCUT2D eigenvalue weighted by molar-refractivity contribution is 5.89. The minimum absolute atomic E-state index is 0.0783. The van der Waals surface area contributed by atoms with Crippen LogP contribution in [0.5, 0.6) is 0 Å². The molecule has 0 radical (unpaired) electrons. The van der Waals surface area contributed by atoms with Crippen molar-refractivity contribution in [1.29, 1.82) is 0 Å². The third kappa shape index (κ3) is 63.4. The second kappa shape index (κ2) is 71.2. The molecule has 29 heteroatoms. The Bertz CT molecular complexity index is 2080. The zero-order valence-corrected chi connectivity index (χ0v) is 60.7. The first kappa shape index (κ1) is 91.8. The van der Waals surface area contributed by atoms with E-state index in [-0.39, 0.29) is 68.7 Å². The summed E-state index contributed by atoms with van der Waals surface area (Å²) in [7, 11) is 0. The molecule has 29 nitrogen and oxygen atoms in total. The number of ether oxygens (including phenoxy) is 12. The molecule has 574 valence electrons. The van der Waals surface area contributed by atoms with Crippen LogP contribution in [0.25, 0.3) is 0 Å². The van der Waals surface area contributed by atoms with Gasteiger partial charge in [-0.05, 0) is 122 Å². The molecule has 1 unspecified atom stereocenters. The fourth-order valence-corrected chi connectivity index (χ4v) is 8.83. The average Bonchev–Trinajstić information content (AvgIpc) is 1.31. The Balaban J connectivity index is 1.86. The lowest BCUT2D eigenvalue weighted by Crippen LogP contribution is -2.49. The molecule has 0 aliphatic carbocycles. The van der Waals surface area contributed by atoms with Crippen molar-refractivity contribution in [1.82, 2.24) is 53.2 Å². The van der Waals surface area contributed by atoms with E-state index in [1.165, 1.54) is 0 Å². The van der Waals surface area contributed by atoms with E-state index >= 15 is 0 Å². The van der Waals surface area contributed by atoms with E-state index in [1.807, 2.05) is 30.3 Å². The van der Waals surface area contributed by atoms with Crippen molar-refractivity contribution in [3.8, 4) is 0 Å². The van der Waals surface area contributed by atoms with Crippen molar-refractivity contribution in [2.75, 3.05) is 211 Å². The summed E-state index contributed by atoms with van der Waals surface area (Å²) in [4.78, 5) is 87.7. The second-order valence-electron chi connectivity index (χ2n) is 23.5. The van der Waals surface area contributed by atoms with Crippen LogP contribution in [0.15, 0.2) is 30.3 Å². The van der Waals surface area contributed by atoms with Crippen molar-refractivity contribution in [3.63, 3.8) is 0 Å². The lowest BCUT2D eigenvalue weighted by atomic mass is 10.1. The van der Waals surface area contributed by atoms with Crippen LogP contribution in [0.3, 0.4) is 0 Å². The Morgan fingerprint density at radius 3 is 1.19 bits per heavy atom. The molecule has 7 amide bonds. The monoisotopic (exact) mass is 1410 g/mol. The number of nitrogens with one attached hydrogen (secondary N) is 10. The quantitative estimate of drug-likeness (QED) is 0.0418. The zero-order chi connectivity index (χ0) is 71.8. The van der Waals surface area contributed by atoms with Gasteiger partial charge >= 0.3 is 6.09 Å². The van der Waals surface area contributed by atoms with E-state index in [9.17, 15) is 33.6 Å². The van der Waals surface area contributed by atoms with Crippen LogP contribution >= 0.6 is 0 Å². The molecule has 0 aliphatic heterocycles. The number of rotatable bonds is 74. The van der Waals surface area contributed by atoms with Crippen LogP contribution in [0.4, 0.5) is 4.79 Å². The van der Waals surface area contributed by atoms with Gasteiger partial charge in [0.25, 0.3) is 0 Å². The average molecular weight is 1420 g/mol. The normalized spacial score (nSPS) is 12.2. The molecule has 0 heterocycles. The lowest BCUT2D eigenvalue weighted by Gasteiger charge is -2.19. The Morgan fingerprint density at radius 1 is 0.354 bits per heavy atom. The van der Waals surface area contributed by atoms with Gasteiger partial charge in [0.15, 0.2) is 0 Å². The van der Waals surface area contributed by atoms with Gasteiger partial charge in [0, 0.05) is 71.5 Å². The summed E-state index contributed by atoms with van der Waals surface area (Å²) in [6.45, 7) is 22.7. The molecular formula is C70H130N10O19. The van der Waals surface area contributed by atoms with Crippen LogP contribution in [0, 0.1) is 0 Å². The van der Waals surface area contributed by atoms with E-state index in [1.54, 1.807) is 0 Å². The molecular weight excluding hydrogens is 1280 g/mol. The lowest BCUT2D eigenvalue weighted by molar-refractivity contribution is -0.128. The van der Waals surface area contributed by atoms with Gasteiger partial charge in [-0.2, -0.15) is 0 Å². The van der Waals surface area contributed by atoms with E-state index < -0.39 is 24.1 Å². The van der Waals surface area contributed by atoms with Crippen molar-refractivity contribution in [3.05, 3.63) is 35.9 Å². The Kier molecular flexibility index (Phi) is 66.0. The third-order valence-corrected chi connectivity index (χ3v) is 14.8. The first-order valence-electron chi connectivity index (χ1n) is 36.6. The predicted molar refractivity (Wildman–Crippen MR) is 378 cm³/mol. The highest BCUT2D eigenvalue weighted by Gasteiger charge is 2.23. The minimum atomic E-state index is -0.839.